The summed E-state index contributed by atoms with van der Waals surface area (Å²) >= 11 is 12.2. The number of hydrogen-bond donors (Lipinski definition) is 0. The second kappa shape index (κ2) is 11.0. The number of ether oxygens (including phenoxy) is 1. The van der Waals surface area contributed by atoms with Crippen LogP contribution in [0.3, 0.4) is 0 Å². The van der Waals surface area contributed by atoms with Gasteiger partial charge < -0.3 is 4.74 Å². The van der Waals surface area contributed by atoms with Crippen molar-refractivity contribution < 1.29 is 31.5 Å². The molecule has 0 radical (unpaired) electrons. The first-order valence-electron chi connectivity index (χ1n) is 10.6. The summed E-state index contributed by atoms with van der Waals surface area (Å²) in [6.45, 7) is 3.15. The Kier molecular flexibility index (Phi) is 8.44. The highest BCUT2D eigenvalue weighted by atomic mass is 35.5. The Morgan fingerprint density at radius 3 is 2.20 bits per heavy atom. The second-order valence-corrected chi connectivity index (χ2v) is 9.17. The lowest BCUT2D eigenvalue weighted by Gasteiger charge is -2.26. The van der Waals surface area contributed by atoms with Gasteiger partial charge in [-0.15, -0.1) is 0 Å². The van der Waals surface area contributed by atoms with Gasteiger partial charge in [0.15, 0.2) is 0 Å². The van der Waals surface area contributed by atoms with E-state index >= 15 is 4.39 Å². The van der Waals surface area contributed by atoms with Gasteiger partial charge in [0.1, 0.15) is 18.2 Å². The van der Waals surface area contributed by atoms with E-state index in [9.17, 15) is 22.4 Å². The number of hydrogen-bond acceptors (Lipinski definition) is 2. The van der Waals surface area contributed by atoms with Gasteiger partial charge in [-0.1, -0.05) is 61.3 Å². The number of rotatable bonds is 8. The molecule has 0 saturated carbocycles. The number of benzene rings is 3. The van der Waals surface area contributed by atoms with Crippen LogP contribution in [-0.4, -0.2) is 12.4 Å². The molecule has 0 saturated heterocycles. The largest absolute Gasteiger partial charge is 0.460 e. The summed E-state index contributed by atoms with van der Waals surface area (Å²) in [6, 6.07) is 10.8. The molecule has 3 aromatic carbocycles. The first-order chi connectivity index (χ1) is 16.4. The van der Waals surface area contributed by atoms with E-state index in [1.165, 1.54) is 12.1 Å². The zero-order valence-corrected chi connectivity index (χ0v) is 20.2. The highest BCUT2D eigenvalue weighted by Gasteiger charge is 2.46. The normalized spacial score (nSPS) is 14.1. The first-order valence-corrected chi connectivity index (χ1v) is 11.3. The minimum absolute atomic E-state index is 0.0873. The minimum atomic E-state index is -3.65. The van der Waals surface area contributed by atoms with Crippen LogP contribution in [0.1, 0.15) is 42.0 Å². The maximum atomic E-state index is 15.6. The third-order valence-corrected chi connectivity index (χ3v) is 6.15. The molecule has 0 amide bonds. The predicted molar refractivity (Wildman–Crippen MR) is 125 cm³/mol. The summed E-state index contributed by atoms with van der Waals surface area (Å²) in [6.07, 6.45) is -3.65. The summed E-state index contributed by atoms with van der Waals surface area (Å²) in [4.78, 5) is 12.9. The van der Waals surface area contributed by atoms with Crippen molar-refractivity contribution in [2.24, 2.45) is 5.92 Å². The molecule has 0 spiro atoms. The molecular formula is C26H21Cl2F5O2. The van der Waals surface area contributed by atoms with Crippen molar-refractivity contribution in [2.45, 2.75) is 38.5 Å². The lowest BCUT2D eigenvalue weighted by molar-refractivity contribution is -0.148. The van der Waals surface area contributed by atoms with Gasteiger partial charge in [0.05, 0.1) is 5.92 Å². The molecule has 35 heavy (non-hydrogen) atoms. The molecule has 0 bridgehead atoms. The highest BCUT2D eigenvalue weighted by Crippen LogP contribution is 2.41. The molecule has 3 rings (SSSR count). The molecule has 0 aliphatic carbocycles. The summed E-state index contributed by atoms with van der Waals surface area (Å²) in [5.74, 6) is -3.62. The maximum Gasteiger partial charge on any atom is 0.314 e. The van der Waals surface area contributed by atoms with E-state index in [4.69, 9.17) is 27.9 Å². The standard InChI is InChI=1S/C26H21Cl2F5O2/c1-14(2)23(19-9-6-17(27)12-21(19)28)24(34)35-13-15-3-10-22(30)20(11-15)26(33,25(31)32)16-4-7-18(29)8-5-16/h3-12,14,23,25H,13H2,1-2H3. The quantitative estimate of drug-likeness (QED) is 0.216. The Morgan fingerprint density at radius 1 is 0.971 bits per heavy atom. The van der Waals surface area contributed by atoms with Crippen LogP contribution in [0.2, 0.25) is 10.0 Å². The third-order valence-electron chi connectivity index (χ3n) is 5.59. The Morgan fingerprint density at radius 2 is 1.63 bits per heavy atom. The second-order valence-electron chi connectivity index (χ2n) is 8.33. The van der Waals surface area contributed by atoms with Crippen molar-refractivity contribution in [3.63, 3.8) is 0 Å². The number of halogens is 7. The van der Waals surface area contributed by atoms with Gasteiger partial charge in [-0.2, -0.15) is 0 Å². The zero-order chi connectivity index (χ0) is 25.9. The fourth-order valence-electron chi connectivity index (χ4n) is 3.79. The van der Waals surface area contributed by atoms with Gasteiger partial charge in [-0.05, 0) is 59.0 Å². The third kappa shape index (κ3) is 5.78. The lowest BCUT2D eigenvalue weighted by Crippen LogP contribution is -2.32. The van der Waals surface area contributed by atoms with Gasteiger partial charge in [0, 0.05) is 15.6 Å². The predicted octanol–water partition coefficient (Wildman–Crippen LogP) is 8.23. The topological polar surface area (TPSA) is 26.3 Å². The Balaban J connectivity index is 1.89. The zero-order valence-electron chi connectivity index (χ0n) is 18.7. The van der Waals surface area contributed by atoms with Crippen molar-refractivity contribution >= 4 is 29.2 Å². The molecule has 0 N–H and O–H groups in total. The molecule has 0 aliphatic heterocycles. The number of esters is 1. The molecule has 2 atom stereocenters. The van der Waals surface area contributed by atoms with Crippen LogP contribution in [0, 0.1) is 17.6 Å². The van der Waals surface area contributed by atoms with Crippen molar-refractivity contribution in [1.82, 2.24) is 0 Å². The van der Waals surface area contributed by atoms with E-state index in [1.54, 1.807) is 26.0 Å². The Bertz CT molecular complexity index is 1200. The monoisotopic (exact) mass is 530 g/mol. The van der Waals surface area contributed by atoms with E-state index < -0.39 is 53.3 Å². The van der Waals surface area contributed by atoms with Crippen LogP contribution in [0.25, 0.3) is 0 Å². The van der Waals surface area contributed by atoms with Crippen molar-refractivity contribution in [2.75, 3.05) is 0 Å². The smallest absolute Gasteiger partial charge is 0.314 e. The lowest BCUT2D eigenvalue weighted by atomic mass is 9.87. The van der Waals surface area contributed by atoms with Crippen LogP contribution in [0.5, 0.6) is 0 Å². The molecule has 0 aromatic heterocycles. The summed E-state index contributed by atoms with van der Waals surface area (Å²) in [7, 11) is 0. The summed E-state index contributed by atoms with van der Waals surface area (Å²) in [5, 5.41) is 0.666. The maximum absolute atomic E-state index is 15.6. The van der Waals surface area contributed by atoms with Crippen LogP contribution < -0.4 is 0 Å². The van der Waals surface area contributed by atoms with Gasteiger partial charge in [-0.3, -0.25) is 4.79 Å². The average Bonchev–Trinajstić information content (AvgIpc) is 2.79. The van der Waals surface area contributed by atoms with Gasteiger partial charge in [0.25, 0.3) is 6.43 Å². The first kappa shape index (κ1) is 27.0. The number of alkyl halides is 3. The SMILES string of the molecule is CC(C)C(C(=O)OCc1ccc(F)c(C(F)(c2ccc(F)cc2)C(F)F)c1)c1ccc(Cl)cc1Cl. The number of carbonyl (C=O) groups excluding carboxylic acids is 1. The van der Waals surface area contributed by atoms with E-state index in [2.05, 4.69) is 0 Å². The van der Waals surface area contributed by atoms with Crippen molar-refractivity contribution in [3.05, 3.63) is 105 Å². The van der Waals surface area contributed by atoms with Crippen molar-refractivity contribution in [1.29, 1.82) is 0 Å². The molecule has 3 aromatic rings. The molecule has 0 fully saturated rings. The minimum Gasteiger partial charge on any atom is -0.460 e. The summed E-state index contributed by atoms with van der Waals surface area (Å²) < 4.78 is 76.6. The van der Waals surface area contributed by atoms with Crippen LogP contribution in [0.4, 0.5) is 22.0 Å². The van der Waals surface area contributed by atoms with E-state index in [1.807, 2.05) is 0 Å². The molecule has 9 heteroatoms. The molecule has 0 heterocycles. The van der Waals surface area contributed by atoms with Gasteiger partial charge in [0.2, 0.25) is 5.67 Å². The van der Waals surface area contributed by atoms with Crippen molar-refractivity contribution in [3.8, 4) is 0 Å². The Hall–Kier alpha value is -2.64. The fraction of sp³-hybridized carbons (Fsp3) is 0.269. The molecule has 2 unspecified atom stereocenters. The van der Waals surface area contributed by atoms with E-state index in [0.717, 1.165) is 36.4 Å². The highest BCUT2D eigenvalue weighted by molar-refractivity contribution is 6.35. The van der Waals surface area contributed by atoms with Crippen LogP contribution >= 0.6 is 23.2 Å². The molecule has 186 valence electrons. The Labute approximate surface area is 209 Å². The molecular weight excluding hydrogens is 510 g/mol. The van der Waals surface area contributed by atoms with Crippen LogP contribution in [0.15, 0.2) is 60.7 Å². The van der Waals surface area contributed by atoms with Crippen LogP contribution in [-0.2, 0) is 21.8 Å². The number of carbonyl (C=O) groups is 1. The van der Waals surface area contributed by atoms with E-state index in [-0.39, 0.29) is 16.5 Å². The van der Waals surface area contributed by atoms with Gasteiger partial charge in [-0.25, -0.2) is 22.0 Å². The fourth-order valence-corrected chi connectivity index (χ4v) is 4.31. The summed E-state index contributed by atoms with van der Waals surface area (Å²) in [5.41, 5.74) is -4.53. The molecule has 2 nitrogen and oxygen atoms in total. The molecule has 0 aliphatic rings. The van der Waals surface area contributed by atoms with E-state index in [0.29, 0.717) is 10.6 Å². The van der Waals surface area contributed by atoms with Gasteiger partial charge >= 0.3 is 5.97 Å². The average molecular weight is 531 g/mol.